The van der Waals surface area contributed by atoms with Crippen LogP contribution in [0.5, 0.6) is 5.75 Å². The van der Waals surface area contributed by atoms with Crippen LogP contribution in [0.15, 0.2) is 47.4 Å². The lowest BCUT2D eigenvalue weighted by Crippen LogP contribution is -2.63. The van der Waals surface area contributed by atoms with Crippen LogP contribution in [0.4, 0.5) is 28.9 Å². The van der Waals surface area contributed by atoms with Crippen molar-refractivity contribution in [2.75, 3.05) is 49.5 Å². The Balaban J connectivity index is 1.62. The fourth-order valence-electron chi connectivity index (χ4n) is 5.46. The number of piperidine rings is 1. The molecule has 12 heteroatoms. The second-order valence-electron chi connectivity index (χ2n) is 10.8. The zero-order valence-electron chi connectivity index (χ0n) is 23.4. The summed E-state index contributed by atoms with van der Waals surface area (Å²) in [6.45, 7) is 3.62. The third kappa shape index (κ3) is 7.64. The number of fused-ring (bicyclic) bond motifs is 1. The van der Waals surface area contributed by atoms with E-state index < -0.39 is 35.1 Å². The first-order chi connectivity index (χ1) is 19.3. The molecule has 0 radical (unpaired) electrons. The van der Waals surface area contributed by atoms with Crippen LogP contribution in [0.2, 0.25) is 0 Å². The molecule has 1 saturated heterocycles. The maximum atomic E-state index is 13.9. The number of nitrogens with one attached hydrogen (secondary N) is 2. The van der Waals surface area contributed by atoms with Gasteiger partial charge in [0.15, 0.2) is 15.5 Å². The van der Waals surface area contributed by atoms with E-state index in [0.29, 0.717) is 17.4 Å². The van der Waals surface area contributed by atoms with Gasteiger partial charge in [-0.2, -0.15) is 13.2 Å². The average molecular weight is 597 g/mol. The minimum atomic E-state index is -4.45. The van der Waals surface area contributed by atoms with Crippen molar-refractivity contribution in [1.29, 1.82) is 0 Å². The van der Waals surface area contributed by atoms with Crippen molar-refractivity contribution >= 4 is 21.2 Å². The highest BCUT2D eigenvalue weighted by Gasteiger charge is 2.48. The molecule has 2 aromatic carbocycles. The van der Waals surface area contributed by atoms with E-state index in [-0.39, 0.29) is 29.7 Å². The van der Waals surface area contributed by atoms with Crippen molar-refractivity contribution in [3.63, 3.8) is 0 Å². The Hall–Kier alpha value is -3.01. The molecule has 2 aliphatic heterocycles. The standard InChI is InChI=1S/C29H36F4N4O3S/c1-21(2)36-15-11-23(12-16-36)35-28(18-22-7-4-5-8-26(22)37(28)19-29(31,32)33)13-6-14-34-25-10-9-24(41(3,38)39)17-27(25)40-20-30/h4-5,7-10,17,21,23,34-35H,11-12,14-16,18-20H2,1-3H3. The number of anilines is 2. The normalized spacial score (nSPS) is 20.0. The Labute approximate surface area is 239 Å². The van der Waals surface area contributed by atoms with Crippen molar-refractivity contribution in [2.24, 2.45) is 0 Å². The van der Waals surface area contributed by atoms with Gasteiger partial charge in [-0.25, -0.2) is 12.8 Å². The van der Waals surface area contributed by atoms with Crippen LogP contribution in [-0.2, 0) is 16.3 Å². The van der Waals surface area contributed by atoms with Gasteiger partial charge in [0.1, 0.15) is 12.3 Å². The number of sulfone groups is 1. The van der Waals surface area contributed by atoms with E-state index in [1.165, 1.54) is 23.1 Å². The Morgan fingerprint density at radius 1 is 1.15 bits per heavy atom. The number of likely N-dealkylation sites (tertiary alicyclic amines) is 1. The largest absolute Gasteiger partial charge is 0.461 e. The minimum Gasteiger partial charge on any atom is -0.461 e. The molecule has 1 fully saturated rings. The average Bonchev–Trinajstić information content (AvgIpc) is 3.18. The van der Waals surface area contributed by atoms with Gasteiger partial charge in [-0.15, -0.1) is 0 Å². The van der Waals surface area contributed by atoms with Gasteiger partial charge in [-0.1, -0.05) is 30.0 Å². The summed E-state index contributed by atoms with van der Waals surface area (Å²) in [5, 5.41) is 6.51. The first kappa shape index (κ1) is 30.9. The maximum absolute atomic E-state index is 13.9. The first-order valence-corrected chi connectivity index (χ1v) is 15.4. The number of hydrogen-bond donors (Lipinski definition) is 2. The zero-order chi connectivity index (χ0) is 29.8. The zero-order valence-corrected chi connectivity index (χ0v) is 24.2. The van der Waals surface area contributed by atoms with Crippen LogP contribution < -0.4 is 20.3 Å². The molecule has 1 unspecified atom stereocenters. The molecule has 2 aromatic rings. The van der Waals surface area contributed by atoms with Crippen LogP contribution in [0, 0.1) is 11.8 Å². The summed E-state index contributed by atoms with van der Waals surface area (Å²) < 4.78 is 83.4. The summed E-state index contributed by atoms with van der Waals surface area (Å²) in [5.41, 5.74) is 0.300. The number of ether oxygens (including phenoxy) is 1. The summed E-state index contributed by atoms with van der Waals surface area (Å²) in [6, 6.07) is 11.4. The lowest BCUT2D eigenvalue weighted by molar-refractivity contribution is -0.121. The Bertz CT molecular complexity index is 1380. The third-order valence-electron chi connectivity index (χ3n) is 7.48. The van der Waals surface area contributed by atoms with E-state index in [2.05, 4.69) is 41.2 Å². The molecule has 4 rings (SSSR count). The second-order valence-corrected chi connectivity index (χ2v) is 12.8. The van der Waals surface area contributed by atoms with Gasteiger partial charge >= 0.3 is 6.18 Å². The molecule has 0 aromatic heterocycles. The van der Waals surface area contributed by atoms with Crippen LogP contribution in [0.25, 0.3) is 0 Å². The van der Waals surface area contributed by atoms with E-state index in [0.717, 1.165) is 37.8 Å². The highest BCUT2D eigenvalue weighted by molar-refractivity contribution is 7.90. The van der Waals surface area contributed by atoms with Crippen molar-refractivity contribution in [3.05, 3.63) is 48.0 Å². The van der Waals surface area contributed by atoms with Gasteiger partial charge in [0.2, 0.25) is 6.86 Å². The molecule has 224 valence electrons. The SMILES string of the molecule is CC(C)N1CCC(NC2(C#CCNc3ccc(S(C)(=O)=O)cc3OCF)Cc3ccccc3N2CC(F)(F)F)CC1. The molecule has 0 saturated carbocycles. The molecule has 41 heavy (non-hydrogen) atoms. The van der Waals surface area contributed by atoms with Crippen molar-refractivity contribution in [2.45, 2.75) is 61.9 Å². The molecule has 2 aliphatic rings. The van der Waals surface area contributed by atoms with E-state index in [9.17, 15) is 26.0 Å². The number of alkyl halides is 4. The first-order valence-electron chi connectivity index (χ1n) is 13.5. The van der Waals surface area contributed by atoms with E-state index in [1.54, 1.807) is 12.1 Å². The van der Waals surface area contributed by atoms with Gasteiger partial charge in [0.05, 0.1) is 17.1 Å². The molecule has 7 nitrogen and oxygen atoms in total. The van der Waals surface area contributed by atoms with Crippen molar-refractivity contribution in [1.82, 2.24) is 10.2 Å². The molecule has 0 spiro atoms. The predicted octanol–water partition coefficient (Wildman–Crippen LogP) is 4.59. The third-order valence-corrected chi connectivity index (χ3v) is 8.59. The molecule has 1 atom stereocenters. The molecule has 0 aliphatic carbocycles. The molecular weight excluding hydrogens is 560 g/mol. The lowest BCUT2D eigenvalue weighted by atomic mass is 9.98. The number of para-hydroxylation sites is 1. The monoisotopic (exact) mass is 596 g/mol. The molecule has 2 N–H and O–H groups in total. The number of nitrogens with zero attached hydrogens (tertiary/aromatic N) is 2. The van der Waals surface area contributed by atoms with Crippen molar-refractivity contribution < 1.29 is 30.7 Å². The van der Waals surface area contributed by atoms with Crippen LogP contribution >= 0.6 is 0 Å². The van der Waals surface area contributed by atoms with E-state index in [4.69, 9.17) is 4.74 Å². The topological polar surface area (TPSA) is 73.9 Å². The summed E-state index contributed by atoms with van der Waals surface area (Å²) in [4.78, 5) is 3.64. The minimum absolute atomic E-state index is 0.00561. The number of halogens is 4. The smallest absolute Gasteiger partial charge is 0.406 e. The van der Waals surface area contributed by atoms with Gasteiger partial charge in [-0.3, -0.25) is 5.32 Å². The van der Waals surface area contributed by atoms with Gasteiger partial charge in [0.25, 0.3) is 0 Å². The van der Waals surface area contributed by atoms with Crippen LogP contribution in [0.3, 0.4) is 0 Å². The van der Waals surface area contributed by atoms with E-state index >= 15 is 0 Å². The number of benzene rings is 2. The second kappa shape index (κ2) is 12.5. The predicted molar refractivity (Wildman–Crippen MR) is 152 cm³/mol. The van der Waals surface area contributed by atoms with Crippen LogP contribution in [0.1, 0.15) is 32.3 Å². The van der Waals surface area contributed by atoms with Gasteiger partial charge in [0, 0.05) is 36.5 Å². The quantitative estimate of drug-likeness (QED) is 0.324. The van der Waals surface area contributed by atoms with Crippen LogP contribution in [-0.4, -0.2) is 76.5 Å². The summed E-state index contributed by atoms with van der Waals surface area (Å²) in [6.07, 6.45) is -1.58. The van der Waals surface area contributed by atoms with E-state index in [1.807, 2.05) is 12.1 Å². The summed E-state index contributed by atoms with van der Waals surface area (Å²) in [5.74, 6) is 6.11. The maximum Gasteiger partial charge on any atom is 0.406 e. The van der Waals surface area contributed by atoms with Crippen molar-refractivity contribution in [3.8, 4) is 17.6 Å². The summed E-state index contributed by atoms with van der Waals surface area (Å²) >= 11 is 0. The number of hydrogen-bond acceptors (Lipinski definition) is 7. The highest BCUT2D eigenvalue weighted by atomic mass is 32.2. The summed E-state index contributed by atoms with van der Waals surface area (Å²) in [7, 11) is -3.54. The fraction of sp³-hybridized carbons (Fsp3) is 0.517. The molecular formula is C29H36F4N4O3S. The van der Waals surface area contributed by atoms with Gasteiger partial charge < -0.3 is 19.9 Å². The Kier molecular flexibility index (Phi) is 9.41. The number of rotatable bonds is 9. The molecule has 0 amide bonds. The Morgan fingerprint density at radius 3 is 2.49 bits per heavy atom. The van der Waals surface area contributed by atoms with Gasteiger partial charge in [-0.05, 0) is 63.5 Å². The highest BCUT2D eigenvalue weighted by Crippen LogP contribution is 2.40. The molecule has 0 bridgehead atoms. The fourth-order valence-corrected chi connectivity index (χ4v) is 6.10. The lowest BCUT2D eigenvalue weighted by Gasteiger charge is -2.43. The molecule has 2 heterocycles. The Morgan fingerprint density at radius 2 is 1.85 bits per heavy atom.